The molecular formula is C18H18FN3O3. The zero-order chi connectivity index (χ0) is 17.8. The average molecular weight is 343 g/mol. The molecule has 7 heteroatoms. The molecule has 1 heterocycles. The maximum atomic E-state index is 13.1. The molecule has 1 aliphatic rings. The van der Waals surface area contributed by atoms with Crippen LogP contribution < -0.4 is 20.3 Å². The van der Waals surface area contributed by atoms with E-state index in [0.29, 0.717) is 18.0 Å². The summed E-state index contributed by atoms with van der Waals surface area (Å²) in [6.07, 6.45) is 0.211. The lowest BCUT2D eigenvalue weighted by Gasteiger charge is -2.17. The number of nitrogens with one attached hydrogen (secondary N) is 2. The molecular weight excluding hydrogens is 325 g/mol. The summed E-state index contributed by atoms with van der Waals surface area (Å²) >= 11 is 0. The zero-order valence-electron chi connectivity index (χ0n) is 13.7. The fraction of sp³-hybridized carbons (Fsp3) is 0.222. The number of anilines is 2. The molecule has 2 aromatic carbocycles. The second kappa shape index (κ2) is 7.21. The summed E-state index contributed by atoms with van der Waals surface area (Å²) in [5, 5.41) is 5.30. The van der Waals surface area contributed by atoms with E-state index in [9.17, 15) is 14.0 Å². The standard InChI is InChI=1S/C18H18FN3O3/c1-25-16-7-5-15(6-8-16)22-11-14(10-17(22)23)21-18(24)20-13-4-2-3-12(19)9-13/h2-9,14H,10-11H2,1H3,(H2,20,21,24)/t14-/m1/s1. The van der Waals surface area contributed by atoms with E-state index < -0.39 is 11.8 Å². The molecule has 1 atom stereocenters. The van der Waals surface area contributed by atoms with Gasteiger partial charge in [-0.25, -0.2) is 9.18 Å². The Labute approximate surface area is 144 Å². The number of amides is 3. The van der Waals surface area contributed by atoms with Crippen LogP contribution in [0.4, 0.5) is 20.6 Å². The maximum absolute atomic E-state index is 13.1. The van der Waals surface area contributed by atoms with Gasteiger partial charge in [0.25, 0.3) is 0 Å². The van der Waals surface area contributed by atoms with Gasteiger partial charge in [-0.15, -0.1) is 0 Å². The number of hydrogen-bond acceptors (Lipinski definition) is 3. The monoisotopic (exact) mass is 343 g/mol. The molecule has 0 saturated carbocycles. The summed E-state index contributed by atoms with van der Waals surface area (Å²) in [5.41, 5.74) is 1.11. The van der Waals surface area contributed by atoms with Crippen molar-refractivity contribution in [3.05, 3.63) is 54.3 Å². The molecule has 1 fully saturated rings. The molecule has 25 heavy (non-hydrogen) atoms. The van der Waals surface area contributed by atoms with Crippen LogP contribution in [-0.2, 0) is 4.79 Å². The van der Waals surface area contributed by atoms with E-state index in [0.717, 1.165) is 5.69 Å². The molecule has 3 amide bonds. The van der Waals surface area contributed by atoms with Gasteiger partial charge in [-0.3, -0.25) is 4.79 Å². The van der Waals surface area contributed by atoms with Crippen molar-refractivity contribution in [1.82, 2.24) is 5.32 Å². The van der Waals surface area contributed by atoms with Crippen LogP contribution in [0.3, 0.4) is 0 Å². The molecule has 1 aliphatic heterocycles. The van der Waals surface area contributed by atoms with Crippen LogP contribution in [0.2, 0.25) is 0 Å². The molecule has 1 saturated heterocycles. The number of nitrogens with zero attached hydrogens (tertiary/aromatic N) is 1. The van der Waals surface area contributed by atoms with Gasteiger partial charge in [-0.05, 0) is 42.5 Å². The fourth-order valence-corrected chi connectivity index (χ4v) is 2.73. The minimum Gasteiger partial charge on any atom is -0.497 e. The number of urea groups is 1. The van der Waals surface area contributed by atoms with Crippen LogP contribution in [-0.4, -0.2) is 31.6 Å². The predicted molar refractivity (Wildman–Crippen MR) is 92.3 cm³/mol. The highest BCUT2D eigenvalue weighted by molar-refractivity contribution is 5.97. The number of methoxy groups -OCH3 is 1. The summed E-state index contributed by atoms with van der Waals surface area (Å²) in [5.74, 6) is 0.209. The predicted octanol–water partition coefficient (Wildman–Crippen LogP) is 2.76. The highest BCUT2D eigenvalue weighted by atomic mass is 19.1. The van der Waals surface area contributed by atoms with Crippen molar-refractivity contribution in [2.75, 3.05) is 23.9 Å². The summed E-state index contributed by atoms with van der Waals surface area (Å²) < 4.78 is 18.2. The van der Waals surface area contributed by atoms with Crippen LogP contribution in [0.1, 0.15) is 6.42 Å². The summed E-state index contributed by atoms with van der Waals surface area (Å²) in [6, 6.07) is 12.0. The van der Waals surface area contributed by atoms with Crippen molar-refractivity contribution in [2.45, 2.75) is 12.5 Å². The summed E-state index contributed by atoms with van der Waals surface area (Å²) in [7, 11) is 1.58. The Kier molecular flexibility index (Phi) is 4.83. The lowest BCUT2D eigenvalue weighted by atomic mass is 10.2. The van der Waals surface area contributed by atoms with E-state index in [2.05, 4.69) is 10.6 Å². The van der Waals surface area contributed by atoms with Gasteiger partial charge in [0.2, 0.25) is 5.91 Å². The van der Waals surface area contributed by atoms with E-state index >= 15 is 0 Å². The first-order valence-electron chi connectivity index (χ1n) is 7.82. The van der Waals surface area contributed by atoms with Crippen LogP contribution in [0.15, 0.2) is 48.5 Å². The lowest BCUT2D eigenvalue weighted by Crippen LogP contribution is -2.39. The third-order valence-electron chi connectivity index (χ3n) is 3.93. The minimum atomic E-state index is -0.472. The van der Waals surface area contributed by atoms with Crippen molar-refractivity contribution >= 4 is 23.3 Å². The van der Waals surface area contributed by atoms with Gasteiger partial charge in [-0.2, -0.15) is 0 Å². The number of carbonyl (C=O) groups is 2. The Morgan fingerprint density at radius 2 is 2.00 bits per heavy atom. The van der Waals surface area contributed by atoms with E-state index in [-0.39, 0.29) is 18.4 Å². The maximum Gasteiger partial charge on any atom is 0.319 e. The van der Waals surface area contributed by atoms with Gasteiger partial charge in [0.1, 0.15) is 11.6 Å². The third kappa shape index (κ3) is 4.06. The Morgan fingerprint density at radius 3 is 2.68 bits per heavy atom. The molecule has 0 radical (unpaired) electrons. The molecule has 2 N–H and O–H groups in total. The Hall–Kier alpha value is -3.09. The van der Waals surface area contributed by atoms with Gasteiger partial charge in [0.15, 0.2) is 0 Å². The topological polar surface area (TPSA) is 70.7 Å². The number of rotatable bonds is 4. The molecule has 0 spiro atoms. The molecule has 2 aromatic rings. The van der Waals surface area contributed by atoms with E-state index in [1.807, 2.05) is 0 Å². The lowest BCUT2D eigenvalue weighted by molar-refractivity contribution is -0.117. The van der Waals surface area contributed by atoms with Gasteiger partial charge in [0, 0.05) is 24.3 Å². The van der Waals surface area contributed by atoms with Crippen molar-refractivity contribution in [2.24, 2.45) is 0 Å². The van der Waals surface area contributed by atoms with Gasteiger partial charge < -0.3 is 20.3 Å². The van der Waals surface area contributed by atoms with Crippen molar-refractivity contribution < 1.29 is 18.7 Å². The number of ether oxygens (including phenoxy) is 1. The highest BCUT2D eigenvalue weighted by Crippen LogP contribution is 2.24. The number of benzene rings is 2. The summed E-state index contributed by atoms with van der Waals surface area (Å²) in [4.78, 5) is 25.8. The molecule has 0 aliphatic carbocycles. The average Bonchev–Trinajstić information content (AvgIpc) is 2.95. The third-order valence-corrected chi connectivity index (χ3v) is 3.93. The second-order valence-corrected chi connectivity index (χ2v) is 5.71. The minimum absolute atomic E-state index is 0.0683. The molecule has 3 rings (SSSR count). The van der Waals surface area contributed by atoms with E-state index in [1.165, 1.54) is 18.2 Å². The Morgan fingerprint density at radius 1 is 1.24 bits per heavy atom. The van der Waals surface area contributed by atoms with Gasteiger partial charge in [0.05, 0.1) is 13.2 Å². The first-order chi connectivity index (χ1) is 12.0. The normalized spacial score (nSPS) is 16.6. The summed E-state index contributed by atoms with van der Waals surface area (Å²) in [6.45, 7) is 0.377. The molecule has 130 valence electrons. The first-order valence-corrected chi connectivity index (χ1v) is 7.82. The quantitative estimate of drug-likeness (QED) is 0.897. The Bertz CT molecular complexity index is 779. The number of hydrogen-bond donors (Lipinski definition) is 2. The van der Waals surface area contributed by atoms with Crippen LogP contribution in [0.25, 0.3) is 0 Å². The fourth-order valence-electron chi connectivity index (χ4n) is 2.73. The zero-order valence-corrected chi connectivity index (χ0v) is 13.7. The van der Waals surface area contributed by atoms with E-state index in [4.69, 9.17) is 4.74 Å². The molecule has 0 aromatic heterocycles. The smallest absolute Gasteiger partial charge is 0.319 e. The largest absolute Gasteiger partial charge is 0.497 e. The SMILES string of the molecule is COc1ccc(N2C[C@H](NC(=O)Nc3cccc(F)c3)CC2=O)cc1. The highest BCUT2D eigenvalue weighted by Gasteiger charge is 2.31. The van der Waals surface area contributed by atoms with E-state index in [1.54, 1.807) is 42.3 Å². The molecule has 6 nitrogen and oxygen atoms in total. The van der Waals surface area contributed by atoms with Crippen molar-refractivity contribution in [1.29, 1.82) is 0 Å². The molecule has 0 unspecified atom stereocenters. The first kappa shape index (κ1) is 16.8. The molecule has 0 bridgehead atoms. The van der Waals surface area contributed by atoms with Crippen LogP contribution >= 0.6 is 0 Å². The number of halogens is 1. The number of carbonyl (C=O) groups excluding carboxylic acids is 2. The van der Waals surface area contributed by atoms with Crippen LogP contribution in [0, 0.1) is 5.82 Å². The van der Waals surface area contributed by atoms with Crippen molar-refractivity contribution in [3.8, 4) is 5.75 Å². The second-order valence-electron chi connectivity index (χ2n) is 5.71. The van der Waals surface area contributed by atoms with Crippen molar-refractivity contribution in [3.63, 3.8) is 0 Å². The van der Waals surface area contributed by atoms with Gasteiger partial charge in [-0.1, -0.05) is 6.07 Å². The van der Waals surface area contributed by atoms with Gasteiger partial charge >= 0.3 is 6.03 Å². The Balaban J connectivity index is 1.59. The van der Waals surface area contributed by atoms with Crippen LogP contribution in [0.5, 0.6) is 5.75 Å².